The summed E-state index contributed by atoms with van der Waals surface area (Å²) in [5.74, 6) is -2.41. The molecule has 1 aliphatic rings. The van der Waals surface area contributed by atoms with Gasteiger partial charge in [-0.25, -0.2) is 4.68 Å². The molecule has 1 aromatic heterocycles. The molecule has 0 saturated carbocycles. The predicted octanol–water partition coefficient (Wildman–Crippen LogP) is 3.82. The minimum Gasteiger partial charge on any atom is -0.481 e. The lowest BCUT2D eigenvalue weighted by Gasteiger charge is -2.24. The average Bonchev–Trinajstić information content (AvgIpc) is 3.23. The van der Waals surface area contributed by atoms with Crippen LogP contribution in [0.5, 0.6) is 0 Å². The van der Waals surface area contributed by atoms with Gasteiger partial charge in [0.1, 0.15) is 0 Å². The van der Waals surface area contributed by atoms with Gasteiger partial charge in [0.15, 0.2) is 0 Å². The van der Waals surface area contributed by atoms with Crippen molar-refractivity contribution < 1.29 is 14.7 Å². The molecule has 2 atom stereocenters. The largest absolute Gasteiger partial charge is 0.481 e. The number of allylic oxidation sites excluding steroid dienone is 2. The Hall–Kier alpha value is -3.67. The maximum absolute atomic E-state index is 12.8. The van der Waals surface area contributed by atoms with Crippen LogP contribution in [0.15, 0.2) is 79.0 Å². The van der Waals surface area contributed by atoms with E-state index in [1.807, 2.05) is 79.0 Å². The Kier molecular flexibility index (Phi) is 5.75. The number of carboxylic acid groups (broad SMARTS) is 1. The van der Waals surface area contributed by atoms with Crippen LogP contribution in [0.25, 0.3) is 16.9 Å². The van der Waals surface area contributed by atoms with Gasteiger partial charge in [0, 0.05) is 23.9 Å². The molecule has 0 fully saturated rings. The molecule has 152 valence electrons. The second-order valence-corrected chi connectivity index (χ2v) is 7.36. The summed E-state index contributed by atoms with van der Waals surface area (Å²) in [6, 6.07) is 19.6. The smallest absolute Gasteiger partial charge is 0.307 e. The summed E-state index contributed by atoms with van der Waals surface area (Å²) in [5, 5.41) is 17.1. The van der Waals surface area contributed by atoms with Gasteiger partial charge in [0.2, 0.25) is 5.91 Å². The topological polar surface area (TPSA) is 84.2 Å². The van der Waals surface area contributed by atoms with Crippen LogP contribution < -0.4 is 5.32 Å². The Morgan fingerprint density at radius 2 is 1.60 bits per heavy atom. The van der Waals surface area contributed by atoms with Crippen molar-refractivity contribution in [2.75, 3.05) is 0 Å². The molecule has 2 N–H and O–H groups in total. The highest BCUT2D eigenvalue weighted by atomic mass is 16.4. The quantitative estimate of drug-likeness (QED) is 0.615. The molecule has 3 aromatic rings. The molecule has 1 aliphatic carbocycles. The minimum absolute atomic E-state index is 0.238. The Morgan fingerprint density at radius 3 is 2.27 bits per heavy atom. The lowest BCUT2D eigenvalue weighted by molar-refractivity contribution is -0.147. The minimum atomic E-state index is -0.929. The zero-order chi connectivity index (χ0) is 20.9. The number of para-hydroxylation sites is 1. The first-order valence-corrected chi connectivity index (χ1v) is 9.98. The number of nitrogens with one attached hydrogen (secondary N) is 1. The average molecular weight is 401 g/mol. The second-order valence-electron chi connectivity index (χ2n) is 7.36. The fourth-order valence-electron chi connectivity index (χ4n) is 3.78. The molecular weight excluding hydrogens is 378 g/mol. The summed E-state index contributed by atoms with van der Waals surface area (Å²) in [4.78, 5) is 24.3. The lowest BCUT2D eigenvalue weighted by Crippen LogP contribution is -2.38. The van der Waals surface area contributed by atoms with Gasteiger partial charge in [0.05, 0.1) is 23.2 Å². The van der Waals surface area contributed by atoms with Crippen molar-refractivity contribution in [2.45, 2.75) is 19.4 Å². The monoisotopic (exact) mass is 401 g/mol. The number of benzene rings is 2. The summed E-state index contributed by atoms with van der Waals surface area (Å²) < 4.78 is 1.80. The Balaban J connectivity index is 1.58. The number of aliphatic carboxylic acids is 1. The summed E-state index contributed by atoms with van der Waals surface area (Å²) >= 11 is 0. The van der Waals surface area contributed by atoms with Crippen molar-refractivity contribution in [1.29, 1.82) is 0 Å². The fourth-order valence-corrected chi connectivity index (χ4v) is 3.78. The number of carbonyl (C=O) groups is 2. The normalized spacial score (nSPS) is 18.1. The highest BCUT2D eigenvalue weighted by Gasteiger charge is 2.33. The highest BCUT2D eigenvalue weighted by molar-refractivity contribution is 5.85. The van der Waals surface area contributed by atoms with Crippen LogP contribution in [0.4, 0.5) is 0 Å². The molecule has 2 unspecified atom stereocenters. The molecule has 4 rings (SSSR count). The van der Waals surface area contributed by atoms with E-state index in [0.29, 0.717) is 12.8 Å². The molecule has 0 radical (unpaired) electrons. The zero-order valence-electron chi connectivity index (χ0n) is 16.4. The molecule has 6 nitrogen and oxygen atoms in total. The zero-order valence-corrected chi connectivity index (χ0v) is 16.4. The van der Waals surface area contributed by atoms with Crippen LogP contribution >= 0.6 is 0 Å². The third-order valence-corrected chi connectivity index (χ3v) is 5.40. The van der Waals surface area contributed by atoms with Crippen LogP contribution in [0, 0.1) is 11.8 Å². The first-order valence-electron chi connectivity index (χ1n) is 9.98. The molecule has 1 amide bonds. The third-order valence-electron chi connectivity index (χ3n) is 5.40. The molecule has 0 aliphatic heterocycles. The number of carboxylic acids is 1. The number of hydrogen-bond donors (Lipinski definition) is 2. The first-order chi connectivity index (χ1) is 14.6. The predicted molar refractivity (Wildman–Crippen MR) is 114 cm³/mol. The van der Waals surface area contributed by atoms with E-state index < -0.39 is 17.8 Å². The summed E-state index contributed by atoms with van der Waals surface area (Å²) in [7, 11) is 0. The maximum atomic E-state index is 12.8. The van der Waals surface area contributed by atoms with Gasteiger partial charge in [-0.3, -0.25) is 9.59 Å². The molecule has 2 aromatic carbocycles. The van der Waals surface area contributed by atoms with E-state index in [-0.39, 0.29) is 12.5 Å². The number of nitrogens with zero attached hydrogens (tertiary/aromatic N) is 2. The lowest BCUT2D eigenvalue weighted by atomic mass is 9.82. The number of amides is 1. The van der Waals surface area contributed by atoms with E-state index in [0.717, 1.165) is 22.5 Å². The number of carbonyl (C=O) groups excluding carboxylic acids is 1. The van der Waals surface area contributed by atoms with E-state index in [9.17, 15) is 14.7 Å². The molecule has 1 heterocycles. The Morgan fingerprint density at radius 1 is 0.967 bits per heavy atom. The standard InChI is InChI=1S/C24H23N3O3/c28-23(20-13-7-8-14-21(20)24(29)30)25-15-18-16-27(19-11-5-2-6-12-19)26-22(18)17-9-3-1-4-10-17/h1-12,16,20-21H,13-15H2,(H,25,28)(H,29,30). The number of aromatic nitrogens is 2. The summed E-state index contributed by atoms with van der Waals surface area (Å²) in [6.07, 6.45) is 6.45. The van der Waals surface area contributed by atoms with Crippen LogP contribution in [0.1, 0.15) is 18.4 Å². The SMILES string of the molecule is O=C(O)C1CC=CCC1C(=O)NCc1cn(-c2ccccc2)nc1-c1ccccc1. The summed E-state index contributed by atoms with van der Waals surface area (Å²) in [5.41, 5.74) is 3.55. The van der Waals surface area contributed by atoms with Crippen LogP contribution in [-0.2, 0) is 16.1 Å². The Bertz CT molecular complexity index is 1060. The van der Waals surface area contributed by atoms with E-state index in [2.05, 4.69) is 5.32 Å². The third kappa shape index (κ3) is 4.17. The van der Waals surface area contributed by atoms with Crippen molar-refractivity contribution in [3.63, 3.8) is 0 Å². The van der Waals surface area contributed by atoms with Crippen molar-refractivity contribution in [3.8, 4) is 16.9 Å². The van der Waals surface area contributed by atoms with Crippen molar-refractivity contribution in [2.24, 2.45) is 11.8 Å². The molecule has 0 saturated heterocycles. The van der Waals surface area contributed by atoms with E-state index >= 15 is 0 Å². The molecular formula is C24H23N3O3. The van der Waals surface area contributed by atoms with Crippen molar-refractivity contribution in [1.82, 2.24) is 15.1 Å². The maximum Gasteiger partial charge on any atom is 0.307 e. The van der Waals surface area contributed by atoms with Gasteiger partial charge in [-0.1, -0.05) is 60.7 Å². The Labute approximate surface area is 174 Å². The first kappa shape index (κ1) is 19.6. The van der Waals surface area contributed by atoms with Gasteiger partial charge in [-0.2, -0.15) is 5.10 Å². The fraction of sp³-hybridized carbons (Fsp3) is 0.208. The van der Waals surface area contributed by atoms with Crippen LogP contribution in [-0.4, -0.2) is 26.8 Å². The number of rotatable bonds is 6. The van der Waals surface area contributed by atoms with Crippen molar-refractivity contribution in [3.05, 3.63) is 84.6 Å². The van der Waals surface area contributed by atoms with E-state index in [1.54, 1.807) is 4.68 Å². The van der Waals surface area contributed by atoms with E-state index in [1.165, 1.54) is 0 Å². The second kappa shape index (κ2) is 8.78. The molecule has 6 heteroatoms. The van der Waals surface area contributed by atoms with Gasteiger partial charge >= 0.3 is 5.97 Å². The van der Waals surface area contributed by atoms with Gasteiger partial charge < -0.3 is 10.4 Å². The molecule has 30 heavy (non-hydrogen) atoms. The molecule has 0 bridgehead atoms. The van der Waals surface area contributed by atoms with Crippen LogP contribution in [0.3, 0.4) is 0 Å². The van der Waals surface area contributed by atoms with Gasteiger partial charge in [-0.05, 0) is 25.0 Å². The van der Waals surface area contributed by atoms with Crippen molar-refractivity contribution >= 4 is 11.9 Å². The molecule has 0 spiro atoms. The number of hydrogen-bond acceptors (Lipinski definition) is 3. The highest BCUT2D eigenvalue weighted by Crippen LogP contribution is 2.27. The van der Waals surface area contributed by atoms with E-state index in [4.69, 9.17) is 5.10 Å². The van der Waals surface area contributed by atoms with Gasteiger partial charge in [0.25, 0.3) is 0 Å². The summed E-state index contributed by atoms with van der Waals surface area (Å²) in [6.45, 7) is 0.280. The van der Waals surface area contributed by atoms with Gasteiger partial charge in [-0.15, -0.1) is 0 Å². The van der Waals surface area contributed by atoms with Crippen LogP contribution in [0.2, 0.25) is 0 Å².